The first-order valence-electron chi connectivity index (χ1n) is 11.7. The molecule has 0 fully saturated rings. The second-order valence-corrected chi connectivity index (χ2v) is 8.54. The summed E-state index contributed by atoms with van der Waals surface area (Å²) < 4.78 is 50.7. The van der Waals surface area contributed by atoms with E-state index in [1.54, 1.807) is 0 Å². The maximum absolute atomic E-state index is 12.9. The predicted molar refractivity (Wildman–Crippen MR) is 141 cm³/mol. The minimum absolute atomic E-state index is 0. The third-order valence-corrected chi connectivity index (χ3v) is 4.24. The van der Waals surface area contributed by atoms with Gasteiger partial charge in [0.1, 0.15) is 0 Å². The van der Waals surface area contributed by atoms with E-state index in [-0.39, 0.29) is 21.7 Å². The summed E-state index contributed by atoms with van der Waals surface area (Å²) in [4.78, 5) is 0. The molecule has 0 atom stereocenters. The minimum atomic E-state index is -0.674. The number of nitrogens with one attached hydrogen (secondary N) is 2. The van der Waals surface area contributed by atoms with E-state index in [2.05, 4.69) is 10.6 Å². The van der Waals surface area contributed by atoms with Crippen molar-refractivity contribution < 1.29 is 39.3 Å². The quantitative estimate of drug-likeness (QED) is 0.144. The van der Waals surface area contributed by atoms with Gasteiger partial charge in [-0.25, -0.2) is 41.8 Å². The second-order valence-electron chi connectivity index (χ2n) is 8.54. The molecule has 0 bridgehead atoms. The van der Waals surface area contributed by atoms with Gasteiger partial charge in [0.2, 0.25) is 0 Å². The Labute approximate surface area is 233 Å². The van der Waals surface area contributed by atoms with Gasteiger partial charge in [-0.05, 0) is 23.2 Å². The SMILES string of the molecule is CC(C)CNc1ccc(F)[c-]c1F.CC(C)CNc1ccc(F)[c-]c1F.[Ti+4].c1cc[cH-]c1.c1cc[cH-]c1. The first-order chi connectivity index (χ1) is 17.2. The number of rotatable bonds is 6. The van der Waals surface area contributed by atoms with E-state index in [4.69, 9.17) is 0 Å². The van der Waals surface area contributed by atoms with Gasteiger partial charge in [0, 0.05) is 36.4 Å². The van der Waals surface area contributed by atoms with Crippen LogP contribution in [0, 0.1) is 47.2 Å². The third kappa shape index (κ3) is 17.3. The molecule has 4 rings (SSSR count). The fourth-order valence-electron chi connectivity index (χ4n) is 2.43. The van der Waals surface area contributed by atoms with Gasteiger partial charge >= 0.3 is 21.7 Å². The van der Waals surface area contributed by atoms with Crippen molar-refractivity contribution >= 4 is 11.4 Å². The van der Waals surface area contributed by atoms with Crippen LogP contribution in [0.1, 0.15) is 27.7 Å². The summed E-state index contributed by atoms with van der Waals surface area (Å²) in [6.07, 6.45) is 0. The second kappa shape index (κ2) is 20.3. The summed E-state index contributed by atoms with van der Waals surface area (Å²) in [5.74, 6) is -1.84. The summed E-state index contributed by atoms with van der Waals surface area (Å²) in [6.45, 7) is 9.37. The molecular weight excluding hydrogens is 512 g/mol. The van der Waals surface area contributed by atoms with Crippen molar-refractivity contribution in [1.29, 1.82) is 0 Å². The van der Waals surface area contributed by atoms with Crippen LogP contribution in [-0.2, 0) is 21.7 Å². The summed E-state index contributed by atoms with van der Waals surface area (Å²) in [6, 6.07) is 29.1. The smallest absolute Gasteiger partial charge is 0.434 e. The van der Waals surface area contributed by atoms with Crippen molar-refractivity contribution in [2.24, 2.45) is 11.8 Å². The van der Waals surface area contributed by atoms with Gasteiger partial charge in [-0.2, -0.15) is 36.4 Å². The van der Waals surface area contributed by atoms with Crippen molar-refractivity contribution in [3.63, 3.8) is 0 Å². The van der Waals surface area contributed by atoms with E-state index in [9.17, 15) is 17.6 Å². The fraction of sp³-hybridized carbons (Fsp3) is 0.267. The molecular formula is C30H34F4N2Ti. The molecule has 7 heteroatoms. The maximum atomic E-state index is 12.9. The van der Waals surface area contributed by atoms with Crippen LogP contribution in [0.5, 0.6) is 0 Å². The van der Waals surface area contributed by atoms with Gasteiger partial charge in [0.05, 0.1) is 0 Å². The molecule has 0 heterocycles. The molecule has 0 aromatic heterocycles. The average Bonchev–Trinajstić information content (AvgIpc) is 3.57. The number of hydrogen-bond acceptors (Lipinski definition) is 2. The van der Waals surface area contributed by atoms with Crippen LogP contribution in [0.25, 0.3) is 0 Å². The maximum Gasteiger partial charge on any atom is 4.00 e. The predicted octanol–water partition coefficient (Wildman–Crippen LogP) is 8.47. The molecule has 0 amide bonds. The van der Waals surface area contributed by atoms with E-state index in [0.717, 1.165) is 0 Å². The zero-order valence-corrected chi connectivity index (χ0v) is 23.2. The summed E-state index contributed by atoms with van der Waals surface area (Å²) in [5, 5.41) is 5.73. The molecule has 0 unspecified atom stereocenters. The van der Waals surface area contributed by atoms with Crippen LogP contribution in [0.2, 0.25) is 0 Å². The summed E-state index contributed by atoms with van der Waals surface area (Å²) in [5.41, 5.74) is 0.602. The number of halogens is 4. The molecule has 196 valence electrons. The molecule has 2 nitrogen and oxygen atoms in total. The summed E-state index contributed by atoms with van der Waals surface area (Å²) in [7, 11) is 0. The zero-order valence-electron chi connectivity index (χ0n) is 21.7. The van der Waals surface area contributed by atoms with Crippen molar-refractivity contribution in [3.8, 4) is 0 Å². The Balaban J connectivity index is 0.000000502. The molecule has 0 radical (unpaired) electrons. The Kier molecular flexibility index (Phi) is 18.7. The van der Waals surface area contributed by atoms with E-state index in [1.807, 2.05) is 100 Å². The normalized spacial score (nSPS) is 9.57. The minimum Gasteiger partial charge on any atom is -0.434 e. The molecule has 0 spiro atoms. The van der Waals surface area contributed by atoms with Crippen LogP contribution in [0.4, 0.5) is 28.9 Å². The van der Waals surface area contributed by atoms with Gasteiger partial charge in [0.15, 0.2) is 0 Å². The number of hydrogen-bond donors (Lipinski definition) is 2. The van der Waals surface area contributed by atoms with Crippen LogP contribution in [-0.4, -0.2) is 13.1 Å². The molecule has 37 heavy (non-hydrogen) atoms. The van der Waals surface area contributed by atoms with Crippen LogP contribution in [0.3, 0.4) is 0 Å². The van der Waals surface area contributed by atoms with E-state index >= 15 is 0 Å². The number of benzene rings is 2. The van der Waals surface area contributed by atoms with Crippen molar-refractivity contribution in [3.05, 3.63) is 120 Å². The standard InChI is InChI=1S/2C10H12F2N.2C5H5.Ti/c2*1-7(2)6-13-10-4-3-8(11)5-9(10)12;2*1-2-4-5-3-1;/h2*3-4,7,13H,6H2,1-2H3;2*1-5H;/q4*-1;+4. The zero-order chi connectivity index (χ0) is 26.8. The molecule has 0 aliphatic heterocycles. The topological polar surface area (TPSA) is 24.1 Å². The summed E-state index contributed by atoms with van der Waals surface area (Å²) >= 11 is 0. The molecule has 0 aliphatic carbocycles. The third-order valence-electron chi connectivity index (χ3n) is 4.24. The molecule has 4 aromatic carbocycles. The molecule has 0 aliphatic rings. The van der Waals surface area contributed by atoms with Gasteiger partial charge in [0.25, 0.3) is 0 Å². The average molecular weight is 546 g/mol. The Bertz CT molecular complexity index is 929. The fourth-order valence-corrected chi connectivity index (χ4v) is 2.43. The van der Waals surface area contributed by atoms with E-state index in [0.29, 0.717) is 36.3 Å². The van der Waals surface area contributed by atoms with Crippen molar-refractivity contribution in [2.45, 2.75) is 27.7 Å². The van der Waals surface area contributed by atoms with E-state index < -0.39 is 23.3 Å². The Morgan fingerprint density at radius 2 is 0.946 bits per heavy atom. The first kappa shape index (κ1) is 34.2. The van der Waals surface area contributed by atoms with Gasteiger partial charge in [-0.1, -0.05) is 27.7 Å². The van der Waals surface area contributed by atoms with E-state index in [1.165, 1.54) is 24.3 Å². The largest absolute Gasteiger partial charge is 4.00 e. The number of anilines is 2. The molecule has 0 saturated heterocycles. The Morgan fingerprint density at radius 1 is 0.622 bits per heavy atom. The van der Waals surface area contributed by atoms with Gasteiger partial charge < -0.3 is 10.6 Å². The van der Waals surface area contributed by atoms with Gasteiger partial charge in [-0.15, -0.1) is 36.4 Å². The monoisotopic (exact) mass is 546 g/mol. The van der Waals surface area contributed by atoms with Crippen LogP contribution >= 0.6 is 0 Å². The Hall–Kier alpha value is -2.83. The van der Waals surface area contributed by atoms with Crippen molar-refractivity contribution in [1.82, 2.24) is 0 Å². The van der Waals surface area contributed by atoms with Crippen LogP contribution in [0.15, 0.2) is 84.9 Å². The van der Waals surface area contributed by atoms with Crippen LogP contribution < -0.4 is 10.6 Å². The molecule has 2 N–H and O–H groups in total. The first-order valence-corrected chi connectivity index (χ1v) is 11.7. The Morgan fingerprint density at radius 3 is 1.16 bits per heavy atom. The molecule has 0 saturated carbocycles. The van der Waals surface area contributed by atoms with Gasteiger partial charge in [-0.3, -0.25) is 0 Å². The van der Waals surface area contributed by atoms with Crippen molar-refractivity contribution in [2.75, 3.05) is 23.7 Å². The molecule has 4 aromatic rings.